The van der Waals surface area contributed by atoms with Crippen molar-refractivity contribution in [3.05, 3.63) is 47.1 Å². The van der Waals surface area contributed by atoms with E-state index in [2.05, 4.69) is 10.3 Å². The van der Waals surface area contributed by atoms with Gasteiger partial charge in [-0.3, -0.25) is 4.79 Å². The van der Waals surface area contributed by atoms with Crippen LogP contribution >= 0.6 is 11.6 Å². The minimum atomic E-state index is -4.61. The Labute approximate surface area is 162 Å². The Bertz CT molecular complexity index is 844. The summed E-state index contributed by atoms with van der Waals surface area (Å²) in [4.78, 5) is 26.8. The van der Waals surface area contributed by atoms with E-state index in [9.17, 15) is 22.8 Å². The highest BCUT2D eigenvalue weighted by molar-refractivity contribution is 6.33. The van der Waals surface area contributed by atoms with Crippen LogP contribution in [0.3, 0.4) is 0 Å². The van der Waals surface area contributed by atoms with Crippen LogP contribution < -0.4 is 14.8 Å². The zero-order valence-corrected chi connectivity index (χ0v) is 15.1. The van der Waals surface area contributed by atoms with Crippen molar-refractivity contribution in [1.82, 2.24) is 4.98 Å². The molecule has 11 heteroatoms. The Hall–Kier alpha value is -3.01. The molecule has 2 rings (SSSR count). The SMILES string of the molecule is COc1ccc(OCC(=O)OCC(=O)Nc2ncc(C(F)(F)F)cc2Cl)cc1. The first-order chi connectivity index (χ1) is 13.2. The van der Waals surface area contributed by atoms with Gasteiger partial charge in [-0.1, -0.05) is 11.6 Å². The van der Waals surface area contributed by atoms with Gasteiger partial charge in [0.15, 0.2) is 19.0 Å². The van der Waals surface area contributed by atoms with Gasteiger partial charge in [0.2, 0.25) is 0 Å². The van der Waals surface area contributed by atoms with Crippen LogP contribution in [0, 0.1) is 0 Å². The van der Waals surface area contributed by atoms with Crippen molar-refractivity contribution in [3.63, 3.8) is 0 Å². The predicted molar refractivity (Wildman–Crippen MR) is 92.3 cm³/mol. The topological polar surface area (TPSA) is 86.8 Å². The number of rotatable bonds is 7. The summed E-state index contributed by atoms with van der Waals surface area (Å²) < 4.78 is 52.5. The molecule has 0 unspecified atom stereocenters. The van der Waals surface area contributed by atoms with E-state index in [1.807, 2.05) is 0 Å². The third-order valence-electron chi connectivity index (χ3n) is 3.21. The molecule has 0 aliphatic heterocycles. The van der Waals surface area contributed by atoms with Gasteiger partial charge >= 0.3 is 12.1 Å². The molecule has 0 saturated heterocycles. The van der Waals surface area contributed by atoms with E-state index in [0.29, 0.717) is 23.8 Å². The number of benzene rings is 1. The molecule has 150 valence electrons. The molecule has 1 heterocycles. The number of nitrogens with zero attached hydrogens (tertiary/aromatic N) is 1. The Kier molecular flexibility index (Phi) is 7.05. The first kappa shape index (κ1) is 21.3. The lowest BCUT2D eigenvalue weighted by molar-refractivity contribution is -0.149. The summed E-state index contributed by atoms with van der Waals surface area (Å²) in [6.45, 7) is -1.14. The number of alkyl halides is 3. The number of methoxy groups -OCH3 is 1. The van der Waals surface area contributed by atoms with E-state index in [4.69, 9.17) is 25.8 Å². The highest BCUT2D eigenvalue weighted by atomic mass is 35.5. The van der Waals surface area contributed by atoms with Crippen molar-refractivity contribution in [1.29, 1.82) is 0 Å². The monoisotopic (exact) mass is 418 g/mol. The summed E-state index contributed by atoms with van der Waals surface area (Å²) in [7, 11) is 1.51. The predicted octanol–water partition coefficient (Wildman–Crippen LogP) is 3.32. The molecular formula is C17H14ClF3N2O5. The standard InChI is InChI=1S/C17H14ClF3N2O5/c1-26-11-2-4-12(5-3-11)27-9-15(25)28-8-14(24)23-16-13(18)6-10(7-22-16)17(19,20)21/h2-7H,8-9H2,1H3,(H,22,23,24). The molecule has 0 aliphatic carbocycles. The lowest BCUT2D eigenvalue weighted by Crippen LogP contribution is -2.24. The van der Waals surface area contributed by atoms with Crippen LogP contribution in [0.2, 0.25) is 5.02 Å². The molecule has 1 N–H and O–H groups in total. The maximum Gasteiger partial charge on any atom is 0.417 e. The minimum absolute atomic E-state index is 0.287. The number of hydrogen-bond acceptors (Lipinski definition) is 6. The fourth-order valence-corrected chi connectivity index (χ4v) is 2.07. The van der Waals surface area contributed by atoms with Crippen molar-refractivity contribution < 1.29 is 37.0 Å². The number of pyridine rings is 1. The molecule has 0 saturated carbocycles. The molecule has 2 aromatic rings. The van der Waals surface area contributed by atoms with Gasteiger partial charge in [-0.2, -0.15) is 13.2 Å². The van der Waals surface area contributed by atoms with E-state index in [1.54, 1.807) is 24.3 Å². The summed E-state index contributed by atoms with van der Waals surface area (Å²) >= 11 is 5.67. The van der Waals surface area contributed by atoms with Gasteiger partial charge in [0, 0.05) is 6.20 Å². The van der Waals surface area contributed by atoms with E-state index >= 15 is 0 Å². The molecule has 1 aromatic carbocycles. The molecule has 7 nitrogen and oxygen atoms in total. The molecule has 0 atom stereocenters. The van der Waals surface area contributed by atoms with Crippen LogP contribution in [0.1, 0.15) is 5.56 Å². The fourth-order valence-electron chi connectivity index (χ4n) is 1.85. The van der Waals surface area contributed by atoms with E-state index in [-0.39, 0.29) is 5.82 Å². The van der Waals surface area contributed by atoms with E-state index in [0.717, 1.165) is 0 Å². The zero-order valence-electron chi connectivity index (χ0n) is 14.4. The van der Waals surface area contributed by atoms with E-state index in [1.165, 1.54) is 7.11 Å². The van der Waals surface area contributed by atoms with Crippen molar-refractivity contribution in [2.75, 3.05) is 25.6 Å². The number of halogens is 4. The summed E-state index contributed by atoms with van der Waals surface area (Å²) in [6.07, 6.45) is -4.09. The number of amides is 1. The number of carbonyl (C=O) groups excluding carboxylic acids is 2. The molecule has 1 amide bonds. The summed E-state index contributed by atoms with van der Waals surface area (Å²) in [5, 5.41) is 1.74. The largest absolute Gasteiger partial charge is 0.497 e. The van der Waals surface area contributed by atoms with Gasteiger partial charge in [0.1, 0.15) is 11.5 Å². The van der Waals surface area contributed by atoms with Gasteiger partial charge in [0.05, 0.1) is 17.7 Å². The third-order valence-corrected chi connectivity index (χ3v) is 3.49. The average Bonchev–Trinajstić information content (AvgIpc) is 2.66. The van der Waals surface area contributed by atoms with Crippen LogP contribution in [0.15, 0.2) is 36.5 Å². The Morgan fingerprint density at radius 1 is 1.14 bits per heavy atom. The zero-order chi connectivity index (χ0) is 20.7. The second kappa shape index (κ2) is 9.27. The summed E-state index contributed by atoms with van der Waals surface area (Å²) in [5.74, 6) is -0.931. The fraction of sp³-hybridized carbons (Fsp3) is 0.235. The maximum absolute atomic E-state index is 12.5. The first-order valence-corrected chi connectivity index (χ1v) is 8.02. The summed E-state index contributed by atoms with van der Waals surface area (Å²) in [5.41, 5.74) is -1.06. The maximum atomic E-state index is 12.5. The second-order valence-corrected chi connectivity index (χ2v) is 5.63. The molecule has 0 fully saturated rings. The van der Waals surface area contributed by atoms with Crippen molar-refractivity contribution in [2.45, 2.75) is 6.18 Å². The lowest BCUT2D eigenvalue weighted by atomic mass is 10.3. The van der Waals surface area contributed by atoms with Crippen LogP contribution in [0.4, 0.5) is 19.0 Å². The van der Waals surface area contributed by atoms with Crippen LogP contribution in [-0.2, 0) is 20.5 Å². The number of ether oxygens (including phenoxy) is 3. The number of anilines is 1. The Balaban J connectivity index is 1.79. The molecule has 28 heavy (non-hydrogen) atoms. The van der Waals surface area contributed by atoms with Crippen LogP contribution in [-0.4, -0.2) is 37.2 Å². The third kappa shape index (κ3) is 6.31. The molecule has 0 aliphatic rings. The van der Waals surface area contributed by atoms with Crippen LogP contribution in [0.25, 0.3) is 0 Å². The number of aromatic nitrogens is 1. The smallest absolute Gasteiger partial charge is 0.417 e. The van der Waals surface area contributed by atoms with Crippen molar-refractivity contribution >= 4 is 29.3 Å². The molecule has 0 radical (unpaired) electrons. The molecule has 1 aromatic heterocycles. The normalized spacial score (nSPS) is 10.9. The first-order valence-electron chi connectivity index (χ1n) is 7.64. The number of nitrogens with one attached hydrogen (secondary N) is 1. The minimum Gasteiger partial charge on any atom is -0.497 e. The van der Waals surface area contributed by atoms with Gasteiger partial charge in [-0.25, -0.2) is 9.78 Å². The number of hydrogen-bond donors (Lipinski definition) is 1. The van der Waals surface area contributed by atoms with E-state index < -0.39 is 41.9 Å². The van der Waals surface area contributed by atoms with Gasteiger partial charge in [0.25, 0.3) is 5.91 Å². The van der Waals surface area contributed by atoms with Gasteiger partial charge < -0.3 is 19.5 Å². The van der Waals surface area contributed by atoms with Gasteiger partial charge in [-0.15, -0.1) is 0 Å². The Morgan fingerprint density at radius 2 is 1.79 bits per heavy atom. The summed E-state index contributed by atoms with van der Waals surface area (Å²) in [6, 6.07) is 7.05. The number of carbonyl (C=O) groups is 2. The van der Waals surface area contributed by atoms with Crippen molar-refractivity contribution in [3.8, 4) is 11.5 Å². The molecule has 0 bridgehead atoms. The molecule has 0 spiro atoms. The average molecular weight is 419 g/mol. The molecular weight excluding hydrogens is 405 g/mol. The Morgan fingerprint density at radius 3 is 2.36 bits per heavy atom. The number of esters is 1. The highest BCUT2D eigenvalue weighted by Gasteiger charge is 2.31. The lowest BCUT2D eigenvalue weighted by Gasteiger charge is -2.10. The quantitative estimate of drug-likeness (QED) is 0.694. The second-order valence-electron chi connectivity index (χ2n) is 5.23. The van der Waals surface area contributed by atoms with Crippen LogP contribution in [0.5, 0.6) is 11.5 Å². The van der Waals surface area contributed by atoms with Crippen molar-refractivity contribution in [2.24, 2.45) is 0 Å². The highest BCUT2D eigenvalue weighted by Crippen LogP contribution is 2.32. The van der Waals surface area contributed by atoms with Gasteiger partial charge in [-0.05, 0) is 30.3 Å².